The third kappa shape index (κ3) is 4.24. The minimum Gasteiger partial charge on any atom is -0.392 e. The molecule has 2 N–H and O–H groups in total. The highest BCUT2D eigenvalue weighted by Gasteiger charge is 2.21. The van der Waals surface area contributed by atoms with Crippen LogP contribution in [0.2, 0.25) is 10.0 Å². The van der Waals surface area contributed by atoms with Crippen LogP contribution in [0.3, 0.4) is 0 Å². The number of aliphatic hydroxyl groups is 1. The Morgan fingerprint density at radius 3 is 2.58 bits per heavy atom. The van der Waals surface area contributed by atoms with Crippen molar-refractivity contribution in [3.8, 4) is 0 Å². The summed E-state index contributed by atoms with van der Waals surface area (Å²) in [5, 5.41) is 9.51. The summed E-state index contributed by atoms with van der Waals surface area (Å²) in [6, 6.07) is 2.74. The van der Waals surface area contributed by atoms with Crippen LogP contribution < -0.4 is 4.72 Å². The Balaban J connectivity index is 3.09. The van der Waals surface area contributed by atoms with E-state index < -0.39 is 16.6 Å². The number of rotatable bonds is 6. The molecule has 1 aromatic carbocycles. The van der Waals surface area contributed by atoms with E-state index in [2.05, 4.69) is 4.72 Å². The van der Waals surface area contributed by atoms with Crippen molar-refractivity contribution in [1.82, 2.24) is 4.72 Å². The second-order valence-electron chi connectivity index (χ2n) is 3.89. The van der Waals surface area contributed by atoms with Crippen molar-refractivity contribution in [2.24, 2.45) is 0 Å². The molecule has 1 atom stereocenters. The molecule has 0 amide bonds. The van der Waals surface area contributed by atoms with Crippen molar-refractivity contribution in [2.75, 3.05) is 12.8 Å². The number of sulfonamides is 1. The molecule has 0 heterocycles. The summed E-state index contributed by atoms with van der Waals surface area (Å²) in [6.45, 7) is 1.80. The summed E-state index contributed by atoms with van der Waals surface area (Å²) in [5.74, 6) is 0. The third-order valence-electron chi connectivity index (χ3n) is 2.56. The van der Waals surface area contributed by atoms with Crippen molar-refractivity contribution in [3.63, 3.8) is 0 Å². The second-order valence-corrected chi connectivity index (χ2v) is 7.69. The van der Waals surface area contributed by atoms with E-state index in [1.165, 1.54) is 12.1 Å². The number of hydrogen-bond donors (Lipinski definition) is 2. The van der Waals surface area contributed by atoms with Gasteiger partial charge in [0.05, 0.1) is 11.6 Å². The molecule has 19 heavy (non-hydrogen) atoms. The zero-order chi connectivity index (χ0) is 14.6. The molecular formula is C11H15Cl2NO3S2. The first-order chi connectivity index (χ1) is 8.83. The summed E-state index contributed by atoms with van der Waals surface area (Å²) in [7, 11) is -3.71. The number of nitrogens with one attached hydrogen (secondary N) is 1. The van der Waals surface area contributed by atoms with Crippen LogP contribution in [0.1, 0.15) is 12.5 Å². The van der Waals surface area contributed by atoms with Crippen LogP contribution in [0.15, 0.2) is 17.0 Å². The van der Waals surface area contributed by atoms with Crippen LogP contribution in [0, 0.1) is 0 Å². The quantitative estimate of drug-likeness (QED) is 0.832. The van der Waals surface area contributed by atoms with Gasteiger partial charge in [-0.2, -0.15) is 11.8 Å². The maximum Gasteiger partial charge on any atom is 0.242 e. The van der Waals surface area contributed by atoms with E-state index >= 15 is 0 Å². The lowest BCUT2D eigenvalue weighted by Gasteiger charge is -2.13. The SMILES string of the molecule is CSC(C)CNS(=O)(=O)c1ccc(Cl)c(CO)c1Cl. The topological polar surface area (TPSA) is 66.4 Å². The van der Waals surface area contributed by atoms with E-state index in [4.69, 9.17) is 28.3 Å². The van der Waals surface area contributed by atoms with Gasteiger partial charge < -0.3 is 5.11 Å². The van der Waals surface area contributed by atoms with Crippen LogP contribution in [-0.4, -0.2) is 31.6 Å². The normalized spacial score (nSPS) is 13.5. The van der Waals surface area contributed by atoms with Gasteiger partial charge in [0.25, 0.3) is 0 Å². The second kappa shape index (κ2) is 7.15. The maximum atomic E-state index is 12.1. The Morgan fingerprint density at radius 1 is 1.42 bits per heavy atom. The Hall–Kier alpha value is 0.0200. The molecule has 0 aliphatic carbocycles. The van der Waals surface area contributed by atoms with Crippen molar-refractivity contribution in [2.45, 2.75) is 23.7 Å². The van der Waals surface area contributed by atoms with Gasteiger partial charge in [0.1, 0.15) is 4.90 Å². The van der Waals surface area contributed by atoms with Gasteiger partial charge in [-0.3, -0.25) is 0 Å². The Labute approximate surface area is 127 Å². The highest BCUT2D eigenvalue weighted by Crippen LogP contribution is 2.31. The van der Waals surface area contributed by atoms with Gasteiger partial charge in [-0.05, 0) is 18.4 Å². The number of thioether (sulfide) groups is 1. The first-order valence-electron chi connectivity index (χ1n) is 5.43. The van der Waals surface area contributed by atoms with Crippen LogP contribution in [0.25, 0.3) is 0 Å². The summed E-state index contributed by atoms with van der Waals surface area (Å²) < 4.78 is 26.7. The predicted molar refractivity (Wildman–Crippen MR) is 80.6 cm³/mol. The molecule has 0 saturated carbocycles. The summed E-state index contributed by atoms with van der Waals surface area (Å²) in [5.41, 5.74) is 0.212. The standard InChI is InChI=1S/C11H15Cl2NO3S2/c1-7(18-2)5-14-19(16,17)10-4-3-9(12)8(6-15)11(10)13/h3-4,7,14-15H,5-6H2,1-2H3. The lowest BCUT2D eigenvalue weighted by molar-refractivity contribution is 0.281. The largest absolute Gasteiger partial charge is 0.392 e. The van der Waals surface area contributed by atoms with Gasteiger partial charge in [-0.1, -0.05) is 30.1 Å². The van der Waals surface area contributed by atoms with E-state index in [-0.39, 0.29) is 25.8 Å². The molecule has 0 radical (unpaired) electrons. The number of benzene rings is 1. The molecule has 0 aliphatic rings. The van der Waals surface area contributed by atoms with Crippen LogP contribution >= 0.6 is 35.0 Å². The van der Waals surface area contributed by atoms with Crippen LogP contribution in [0.4, 0.5) is 0 Å². The molecule has 1 aromatic rings. The van der Waals surface area contributed by atoms with Crippen molar-refractivity contribution < 1.29 is 13.5 Å². The van der Waals surface area contributed by atoms with Gasteiger partial charge in [0.15, 0.2) is 0 Å². The monoisotopic (exact) mass is 343 g/mol. The molecular weight excluding hydrogens is 329 g/mol. The Bertz CT molecular complexity index is 549. The van der Waals surface area contributed by atoms with E-state index in [1.807, 2.05) is 13.2 Å². The third-order valence-corrected chi connectivity index (χ3v) is 5.90. The molecule has 1 rings (SSSR count). The van der Waals surface area contributed by atoms with E-state index in [9.17, 15) is 8.42 Å². The highest BCUT2D eigenvalue weighted by molar-refractivity contribution is 7.99. The van der Waals surface area contributed by atoms with Gasteiger partial charge in [0.2, 0.25) is 10.0 Å². The average molecular weight is 344 g/mol. The fourth-order valence-electron chi connectivity index (χ4n) is 1.32. The maximum absolute atomic E-state index is 12.1. The minimum absolute atomic E-state index is 0.0423. The predicted octanol–water partition coefficient (Wildman–Crippen LogP) is 2.52. The van der Waals surface area contributed by atoms with Crippen molar-refractivity contribution in [3.05, 3.63) is 27.7 Å². The Kier molecular flexibility index (Phi) is 6.42. The van der Waals surface area contributed by atoms with Crippen LogP contribution in [0.5, 0.6) is 0 Å². The summed E-state index contributed by atoms with van der Waals surface area (Å²) in [4.78, 5) is -0.0732. The summed E-state index contributed by atoms with van der Waals surface area (Å²) in [6.07, 6.45) is 1.90. The van der Waals surface area contributed by atoms with E-state index in [1.54, 1.807) is 11.8 Å². The van der Waals surface area contributed by atoms with Gasteiger partial charge in [-0.15, -0.1) is 0 Å². The van der Waals surface area contributed by atoms with E-state index in [0.29, 0.717) is 6.54 Å². The fraction of sp³-hybridized carbons (Fsp3) is 0.455. The zero-order valence-corrected chi connectivity index (χ0v) is 13.6. The van der Waals surface area contributed by atoms with E-state index in [0.717, 1.165) is 0 Å². The first kappa shape index (κ1) is 17.1. The molecule has 0 bridgehead atoms. The zero-order valence-electron chi connectivity index (χ0n) is 10.5. The number of hydrogen-bond acceptors (Lipinski definition) is 4. The van der Waals surface area contributed by atoms with Gasteiger partial charge >= 0.3 is 0 Å². The molecule has 0 saturated heterocycles. The highest BCUT2D eigenvalue weighted by atomic mass is 35.5. The van der Waals surface area contributed by atoms with Crippen molar-refractivity contribution in [1.29, 1.82) is 0 Å². The Morgan fingerprint density at radius 2 is 2.05 bits per heavy atom. The number of halogens is 2. The molecule has 8 heteroatoms. The first-order valence-corrected chi connectivity index (χ1v) is 8.96. The molecule has 0 spiro atoms. The number of aliphatic hydroxyl groups excluding tert-OH is 1. The smallest absolute Gasteiger partial charge is 0.242 e. The minimum atomic E-state index is -3.71. The molecule has 0 aliphatic heterocycles. The van der Waals surface area contributed by atoms with Gasteiger partial charge in [-0.25, -0.2) is 13.1 Å². The average Bonchev–Trinajstić information content (AvgIpc) is 2.36. The summed E-state index contributed by atoms with van der Waals surface area (Å²) >= 11 is 13.4. The molecule has 4 nitrogen and oxygen atoms in total. The molecule has 0 fully saturated rings. The van der Waals surface area contributed by atoms with Gasteiger partial charge in [0, 0.05) is 22.4 Å². The molecule has 1 unspecified atom stereocenters. The molecule has 0 aromatic heterocycles. The van der Waals surface area contributed by atoms with Crippen LogP contribution in [-0.2, 0) is 16.6 Å². The lowest BCUT2D eigenvalue weighted by atomic mass is 10.2. The van der Waals surface area contributed by atoms with Crippen molar-refractivity contribution >= 4 is 45.0 Å². The fourth-order valence-corrected chi connectivity index (χ4v) is 3.70. The molecule has 108 valence electrons. The lowest BCUT2D eigenvalue weighted by Crippen LogP contribution is -2.29.